The summed E-state index contributed by atoms with van der Waals surface area (Å²) in [4.78, 5) is 0. The highest BCUT2D eigenvalue weighted by Gasteiger charge is 2.26. The van der Waals surface area contributed by atoms with Crippen molar-refractivity contribution in [3.05, 3.63) is 24.0 Å². The van der Waals surface area contributed by atoms with Gasteiger partial charge in [-0.25, -0.2) is 9.07 Å². The average molecular weight is 303 g/mol. The maximum absolute atomic E-state index is 13.0. The van der Waals surface area contributed by atoms with E-state index in [4.69, 9.17) is 5.73 Å². The Morgan fingerprint density at radius 3 is 2.62 bits per heavy atom. The van der Waals surface area contributed by atoms with Gasteiger partial charge in [-0.15, -0.1) is 5.10 Å². The van der Waals surface area contributed by atoms with Gasteiger partial charge in [-0.05, 0) is 41.5 Å². The largest absolute Gasteiger partial charge is 0.398 e. The van der Waals surface area contributed by atoms with Crippen LogP contribution in [0.5, 0.6) is 0 Å². The predicted molar refractivity (Wildman–Crippen MR) is 67.5 cm³/mol. The Hall–Kier alpha value is -2.19. The number of aromatic nitrogens is 4. The molecule has 0 aliphatic rings. The number of anilines is 1. The zero-order chi connectivity index (χ0) is 15.5. The average Bonchev–Trinajstić information content (AvgIpc) is 2.82. The van der Waals surface area contributed by atoms with Crippen molar-refractivity contribution in [3.8, 4) is 11.4 Å². The monoisotopic (exact) mass is 303 g/mol. The second kappa shape index (κ2) is 6.06. The first-order chi connectivity index (χ1) is 9.87. The summed E-state index contributed by atoms with van der Waals surface area (Å²) in [6.07, 6.45) is -4.74. The predicted octanol–water partition coefficient (Wildman–Crippen LogP) is 2.79. The van der Waals surface area contributed by atoms with Crippen molar-refractivity contribution >= 4 is 5.69 Å². The molecule has 1 heterocycles. The second-order valence-corrected chi connectivity index (χ2v) is 4.53. The number of alkyl halides is 3. The van der Waals surface area contributed by atoms with Crippen molar-refractivity contribution in [2.75, 3.05) is 5.73 Å². The number of benzene rings is 1. The Labute approximate surface area is 117 Å². The minimum Gasteiger partial charge on any atom is -0.398 e. The van der Waals surface area contributed by atoms with E-state index < -0.39 is 18.4 Å². The molecule has 0 aliphatic heterocycles. The van der Waals surface area contributed by atoms with E-state index in [9.17, 15) is 17.6 Å². The Balaban J connectivity index is 2.05. The van der Waals surface area contributed by atoms with Crippen molar-refractivity contribution in [1.82, 2.24) is 20.2 Å². The molecule has 2 N–H and O–H groups in total. The van der Waals surface area contributed by atoms with Crippen molar-refractivity contribution in [1.29, 1.82) is 0 Å². The van der Waals surface area contributed by atoms with Crippen molar-refractivity contribution in [2.45, 2.75) is 32.0 Å². The summed E-state index contributed by atoms with van der Waals surface area (Å²) in [5.74, 6) is -0.181. The van der Waals surface area contributed by atoms with E-state index in [0.717, 1.165) is 6.07 Å². The Morgan fingerprint density at radius 1 is 1.19 bits per heavy atom. The molecule has 0 unspecified atom stereocenters. The summed E-state index contributed by atoms with van der Waals surface area (Å²) >= 11 is 0. The Morgan fingerprint density at radius 2 is 1.95 bits per heavy atom. The van der Waals surface area contributed by atoms with E-state index in [0.29, 0.717) is 11.4 Å². The van der Waals surface area contributed by atoms with Gasteiger partial charge in [-0.1, -0.05) is 0 Å². The number of unbranched alkanes of at least 4 members (excludes halogenated alkanes) is 1. The number of nitrogens with two attached hydrogens (primary N) is 1. The zero-order valence-electron chi connectivity index (χ0n) is 10.9. The highest BCUT2D eigenvalue weighted by atomic mass is 19.4. The number of halogens is 4. The van der Waals surface area contributed by atoms with E-state index in [2.05, 4.69) is 15.5 Å². The molecule has 0 amide bonds. The summed E-state index contributed by atoms with van der Waals surface area (Å²) in [6.45, 7) is 0.231. The maximum atomic E-state index is 13.0. The van der Waals surface area contributed by atoms with Gasteiger partial charge < -0.3 is 5.73 Å². The van der Waals surface area contributed by atoms with Crippen molar-refractivity contribution in [2.24, 2.45) is 0 Å². The molecule has 114 valence electrons. The highest BCUT2D eigenvalue weighted by molar-refractivity contribution is 5.71. The van der Waals surface area contributed by atoms with Crippen LogP contribution in [0.2, 0.25) is 0 Å². The smallest absolute Gasteiger partial charge is 0.389 e. The number of rotatable bonds is 5. The van der Waals surface area contributed by atoms with E-state index >= 15 is 0 Å². The molecule has 0 radical (unpaired) electrons. The van der Waals surface area contributed by atoms with Crippen LogP contribution in [-0.2, 0) is 6.54 Å². The van der Waals surface area contributed by atoms with Crippen LogP contribution in [0.4, 0.5) is 23.2 Å². The van der Waals surface area contributed by atoms with Gasteiger partial charge in [-0.3, -0.25) is 0 Å². The number of nitrogens with zero attached hydrogens (tertiary/aromatic N) is 4. The van der Waals surface area contributed by atoms with E-state index in [1.807, 2.05) is 0 Å². The third kappa shape index (κ3) is 4.14. The zero-order valence-corrected chi connectivity index (χ0v) is 10.9. The minimum atomic E-state index is -4.16. The third-order valence-corrected chi connectivity index (χ3v) is 2.87. The van der Waals surface area contributed by atoms with Crippen LogP contribution >= 0.6 is 0 Å². The SMILES string of the molecule is Nc1cc(F)ccc1-c1nnnn1CCCCC(F)(F)F. The molecule has 0 fully saturated rings. The summed E-state index contributed by atoms with van der Waals surface area (Å²) in [5, 5.41) is 11.0. The van der Waals surface area contributed by atoms with Crippen LogP contribution in [-0.4, -0.2) is 26.4 Å². The lowest BCUT2D eigenvalue weighted by Gasteiger charge is -2.08. The first kappa shape index (κ1) is 15.2. The number of hydrogen-bond donors (Lipinski definition) is 1. The second-order valence-electron chi connectivity index (χ2n) is 4.53. The Bertz CT molecular complexity index is 608. The van der Waals surface area contributed by atoms with Gasteiger partial charge in [0, 0.05) is 24.2 Å². The van der Waals surface area contributed by atoms with Gasteiger partial charge in [0.25, 0.3) is 0 Å². The van der Waals surface area contributed by atoms with Crippen LogP contribution in [0.3, 0.4) is 0 Å². The van der Waals surface area contributed by atoms with Gasteiger partial charge >= 0.3 is 6.18 Å². The fraction of sp³-hybridized carbons (Fsp3) is 0.417. The highest BCUT2D eigenvalue weighted by Crippen LogP contribution is 2.25. The summed E-state index contributed by atoms with van der Waals surface area (Å²) in [5.41, 5.74) is 6.31. The fourth-order valence-corrected chi connectivity index (χ4v) is 1.87. The molecule has 21 heavy (non-hydrogen) atoms. The number of tetrazole rings is 1. The van der Waals surface area contributed by atoms with Gasteiger partial charge in [-0.2, -0.15) is 13.2 Å². The molecule has 0 saturated carbocycles. The normalized spacial score (nSPS) is 11.8. The minimum absolute atomic E-state index is 0.0122. The third-order valence-electron chi connectivity index (χ3n) is 2.87. The maximum Gasteiger partial charge on any atom is 0.389 e. The molecule has 0 bridgehead atoms. The first-order valence-electron chi connectivity index (χ1n) is 6.25. The van der Waals surface area contributed by atoms with E-state index in [-0.39, 0.29) is 25.1 Å². The van der Waals surface area contributed by atoms with Crippen molar-refractivity contribution < 1.29 is 17.6 Å². The number of aryl methyl sites for hydroxylation is 1. The summed E-state index contributed by atoms with van der Waals surface area (Å²) in [7, 11) is 0. The topological polar surface area (TPSA) is 69.6 Å². The molecule has 0 spiro atoms. The Kier molecular flexibility index (Phi) is 4.39. The molecule has 5 nitrogen and oxygen atoms in total. The van der Waals surface area contributed by atoms with Crippen LogP contribution in [0.15, 0.2) is 18.2 Å². The first-order valence-corrected chi connectivity index (χ1v) is 6.25. The van der Waals surface area contributed by atoms with E-state index in [1.54, 1.807) is 0 Å². The van der Waals surface area contributed by atoms with E-state index in [1.165, 1.54) is 16.8 Å². The van der Waals surface area contributed by atoms with Crippen LogP contribution in [0.25, 0.3) is 11.4 Å². The lowest BCUT2D eigenvalue weighted by Crippen LogP contribution is -2.09. The lowest BCUT2D eigenvalue weighted by atomic mass is 10.1. The van der Waals surface area contributed by atoms with Crippen LogP contribution < -0.4 is 5.73 Å². The van der Waals surface area contributed by atoms with Gasteiger partial charge in [0.1, 0.15) is 5.82 Å². The molecule has 9 heteroatoms. The summed E-state index contributed by atoms with van der Waals surface area (Å²) in [6, 6.07) is 3.79. The molecule has 0 aliphatic carbocycles. The summed E-state index contributed by atoms with van der Waals surface area (Å²) < 4.78 is 50.5. The molecule has 1 aromatic heterocycles. The molecule has 2 rings (SSSR count). The fourth-order valence-electron chi connectivity index (χ4n) is 1.87. The molecule has 0 saturated heterocycles. The van der Waals surface area contributed by atoms with Crippen molar-refractivity contribution in [3.63, 3.8) is 0 Å². The van der Waals surface area contributed by atoms with Crippen LogP contribution in [0.1, 0.15) is 19.3 Å². The number of hydrogen-bond acceptors (Lipinski definition) is 4. The molecule has 2 aromatic rings. The van der Waals surface area contributed by atoms with Gasteiger partial charge in [0.15, 0.2) is 5.82 Å². The van der Waals surface area contributed by atoms with Gasteiger partial charge in [0.2, 0.25) is 0 Å². The van der Waals surface area contributed by atoms with Gasteiger partial charge in [0.05, 0.1) is 0 Å². The molecular formula is C12H13F4N5. The standard InChI is InChI=1S/C12H13F4N5/c13-8-3-4-9(10(17)7-8)11-18-19-20-21(11)6-2-1-5-12(14,15)16/h3-4,7H,1-2,5-6,17H2. The number of nitrogen functional groups attached to an aromatic ring is 1. The quantitative estimate of drug-likeness (QED) is 0.524. The molecular weight excluding hydrogens is 290 g/mol. The van der Waals surface area contributed by atoms with Crippen LogP contribution in [0, 0.1) is 5.82 Å². The molecule has 0 atom stereocenters. The molecule has 1 aromatic carbocycles. The lowest BCUT2D eigenvalue weighted by molar-refractivity contribution is -0.135.